The van der Waals surface area contributed by atoms with Crippen LogP contribution in [0.5, 0.6) is 5.75 Å². The van der Waals surface area contributed by atoms with Crippen LogP contribution in [0.1, 0.15) is 38.9 Å². The summed E-state index contributed by atoms with van der Waals surface area (Å²) in [5.74, 6) is 2.87. The minimum absolute atomic E-state index is 0.331. The zero-order valence-electron chi connectivity index (χ0n) is 13.0. The summed E-state index contributed by atoms with van der Waals surface area (Å²) in [5, 5.41) is 0. The van der Waals surface area contributed by atoms with E-state index >= 15 is 0 Å². The summed E-state index contributed by atoms with van der Waals surface area (Å²) < 4.78 is 8.39. The summed E-state index contributed by atoms with van der Waals surface area (Å²) in [6.07, 6.45) is 1.03. The molecule has 5 heteroatoms. The van der Waals surface area contributed by atoms with Crippen LogP contribution in [0.4, 0.5) is 5.82 Å². The molecule has 21 heavy (non-hydrogen) atoms. The lowest BCUT2D eigenvalue weighted by Crippen LogP contribution is -2.08. The van der Waals surface area contributed by atoms with Crippen LogP contribution in [-0.2, 0) is 6.54 Å². The first-order chi connectivity index (χ1) is 9.99. The predicted molar refractivity (Wildman–Crippen MR) is 90.7 cm³/mol. The molecule has 2 N–H and O–H groups in total. The van der Waals surface area contributed by atoms with Gasteiger partial charge in [-0.3, -0.25) is 0 Å². The van der Waals surface area contributed by atoms with Crippen LogP contribution >= 0.6 is 15.9 Å². The molecular weight excluding hydrogens is 330 g/mol. The SMILES string of the molecule is CCCn1c(C(C)C)nc(-c2cc(OC)ccc2Br)c1N. The molecule has 0 fully saturated rings. The number of halogens is 1. The van der Waals surface area contributed by atoms with Crippen molar-refractivity contribution < 1.29 is 4.74 Å². The van der Waals surface area contributed by atoms with Crippen molar-refractivity contribution in [2.24, 2.45) is 0 Å². The average molecular weight is 352 g/mol. The van der Waals surface area contributed by atoms with Gasteiger partial charge in [-0.2, -0.15) is 0 Å². The molecule has 0 radical (unpaired) electrons. The van der Waals surface area contributed by atoms with Crippen LogP contribution in [0.25, 0.3) is 11.3 Å². The lowest BCUT2D eigenvalue weighted by Gasteiger charge is -2.10. The number of aromatic nitrogens is 2. The van der Waals surface area contributed by atoms with Crippen molar-refractivity contribution in [2.75, 3.05) is 12.8 Å². The summed E-state index contributed by atoms with van der Waals surface area (Å²) in [6, 6.07) is 5.83. The van der Waals surface area contributed by atoms with Gasteiger partial charge in [0.1, 0.15) is 23.1 Å². The summed E-state index contributed by atoms with van der Waals surface area (Å²) in [6.45, 7) is 7.30. The Hall–Kier alpha value is -1.49. The van der Waals surface area contributed by atoms with E-state index in [2.05, 4.69) is 41.3 Å². The van der Waals surface area contributed by atoms with Crippen molar-refractivity contribution in [2.45, 2.75) is 39.7 Å². The fourth-order valence-electron chi connectivity index (χ4n) is 2.39. The predicted octanol–water partition coefficient (Wildman–Crippen LogP) is 4.44. The van der Waals surface area contributed by atoms with E-state index in [-0.39, 0.29) is 0 Å². The highest BCUT2D eigenvalue weighted by molar-refractivity contribution is 9.10. The molecule has 0 unspecified atom stereocenters. The highest BCUT2D eigenvalue weighted by Gasteiger charge is 2.19. The molecule has 0 aliphatic heterocycles. The van der Waals surface area contributed by atoms with Gasteiger partial charge >= 0.3 is 0 Å². The quantitative estimate of drug-likeness (QED) is 0.866. The summed E-state index contributed by atoms with van der Waals surface area (Å²) in [7, 11) is 1.66. The maximum Gasteiger partial charge on any atom is 0.131 e. The lowest BCUT2D eigenvalue weighted by atomic mass is 10.1. The number of hydrogen-bond acceptors (Lipinski definition) is 3. The van der Waals surface area contributed by atoms with Crippen molar-refractivity contribution in [3.8, 4) is 17.0 Å². The average Bonchev–Trinajstić information content (AvgIpc) is 2.78. The Labute approximate surface area is 134 Å². The van der Waals surface area contributed by atoms with Crippen LogP contribution in [0.3, 0.4) is 0 Å². The third-order valence-electron chi connectivity index (χ3n) is 3.43. The number of anilines is 1. The Kier molecular flexibility index (Phi) is 4.93. The third-order valence-corrected chi connectivity index (χ3v) is 4.12. The number of methoxy groups -OCH3 is 1. The summed E-state index contributed by atoms with van der Waals surface area (Å²) in [4.78, 5) is 4.79. The van der Waals surface area contributed by atoms with Gasteiger partial charge in [-0.15, -0.1) is 0 Å². The minimum atomic E-state index is 0.331. The van der Waals surface area contributed by atoms with Crippen LogP contribution in [-0.4, -0.2) is 16.7 Å². The van der Waals surface area contributed by atoms with Gasteiger partial charge in [0.25, 0.3) is 0 Å². The van der Waals surface area contributed by atoms with Crippen molar-refractivity contribution in [3.63, 3.8) is 0 Å². The second-order valence-corrected chi connectivity index (χ2v) is 6.21. The second kappa shape index (κ2) is 6.52. The number of ether oxygens (including phenoxy) is 1. The summed E-state index contributed by atoms with van der Waals surface area (Å²) >= 11 is 3.58. The van der Waals surface area contributed by atoms with Crippen molar-refractivity contribution in [1.82, 2.24) is 9.55 Å². The Bertz CT molecular complexity index is 635. The zero-order valence-corrected chi connectivity index (χ0v) is 14.6. The monoisotopic (exact) mass is 351 g/mol. The van der Waals surface area contributed by atoms with E-state index in [9.17, 15) is 0 Å². The van der Waals surface area contributed by atoms with Crippen molar-refractivity contribution in [1.29, 1.82) is 0 Å². The first-order valence-corrected chi connectivity index (χ1v) is 7.98. The standard InChI is InChI=1S/C16H22BrN3O/c1-5-8-20-15(18)14(19-16(20)10(2)3)12-9-11(21-4)6-7-13(12)17/h6-7,9-10H,5,8,18H2,1-4H3. The third kappa shape index (κ3) is 3.07. The Morgan fingerprint density at radius 2 is 2.10 bits per heavy atom. The molecule has 4 nitrogen and oxygen atoms in total. The van der Waals surface area contributed by atoms with Crippen LogP contribution in [0, 0.1) is 0 Å². The first kappa shape index (κ1) is 15.9. The molecular formula is C16H22BrN3O. The number of imidazole rings is 1. The van der Waals surface area contributed by atoms with E-state index in [4.69, 9.17) is 15.5 Å². The van der Waals surface area contributed by atoms with Gasteiger partial charge in [0, 0.05) is 22.5 Å². The van der Waals surface area contributed by atoms with Gasteiger partial charge in [-0.1, -0.05) is 36.7 Å². The normalized spacial score (nSPS) is 11.1. The largest absolute Gasteiger partial charge is 0.497 e. The molecule has 2 aromatic rings. The van der Waals surface area contributed by atoms with E-state index < -0.39 is 0 Å². The van der Waals surface area contributed by atoms with E-state index in [0.29, 0.717) is 5.92 Å². The number of rotatable bonds is 5. The zero-order chi connectivity index (χ0) is 15.6. The first-order valence-electron chi connectivity index (χ1n) is 7.19. The van der Waals surface area contributed by atoms with E-state index in [0.717, 1.165) is 46.1 Å². The molecule has 1 aromatic carbocycles. The van der Waals surface area contributed by atoms with Crippen molar-refractivity contribution >= 4 is 21.7 Å². The molecule has 0 amide bonds. The Morgan fingerprint density at radius 1 is 1.38 bits per heavy atom. The molecule has 0 saturated heterocycles. The summed E-state index contributed by atoms with van der Waals surface area (Å²) in [5.41, 5.74) is 8.14. The molecule has 1 aromatic heterocycles. The number of hydrogen-bond donors (Lipinski definition) is 1. The molecule has 114 valence electrons. The maximum absolute atomic E-state index is 6.36. The number of nitrogen functional groups attached to an aromatic ring is 1. The van der Waals surface area contributed by atoms with Gasteiger partial charge in [0.2, 0.25) is 0 Å². The molecule has 0 aliphatic rings. The van der Waals surface area contributed by atoms with Crippen LogP contribution in [0.2, 0.25) is 0 Å². The Balaban J connectivity index is 2.61. The highest BCUT2D eigenvalue weighted by atomic mass is 79.9. The fourth-order valence-corrected chi connectivity index (χ4v) is 2.83. The van der Waals surface area contributed by atoms with E-state index in [1.54, 1.807) is 7.11 Å². The number of nitrogens with zero attached hydrogens (tertiary/aromatic N) is 2. The molecule has 2 rings (SSSR count). The van der Waals surface area contributed by atoms with E-state index in [1.165, 1.54) is 0 Å². The number of nitrogens with two attached hydrogens (primary N) is 1. The van der Waals surface area contributed by atoms with Gasteiger partial charge in [0.15, 0.2) is 0 Å². The van der Waals surface area contributed by atoms with Gasteiger partial charge < -0.3 is 15.0 Å². The second-order valence-electron chi connectivity index (χ2n) is 5.36. The molecule has 0 atom stereocenters. The topological polar surface area (TPSA) is 53.1 Å². The molecule has 0 saturated carbocycles. The molecule has 0 bridgehead atoms. The van der Waals surface area contributed by atoms with Crippen molar-refractivity contribution in [3.05, 3.63) is 28.5 Å². The van der Waals surface area contributed by atoms with Crippen LogP contribution in [0.15, 0.2) is 22.7 Å². The molecule has 0 aliphatic carbocycles. The maximum atomic E-state index is 6.36. The van der Waals surface area contributed by atoms with E-state index in [1.807, 2.05) is 18.2 Å². The van der Waals surface area contributed by atoms with Gasteiger partial charge in [0.05, 0.1) is 7.11 Å². The fraction of sp³-hybridized carbons (Fsp3) is 0.438. The van der Waals surface area contributed by atoms with Gasteiger partial charge in [-0.05, 0) is 24.6 Å². The number of benzene rings is 1. The molecule has 0 spiro atoms. The smallest absolute Gasteiger partial charge is 0.131 e. The Morgan fingerprint density at radius 3 is 2.67 bits per heavy atom. The van der Waals surface area contributed by atoms with Gasteiger partial charge in [-0.25, -0.2) is 4.98 Å². The minimum Gasteiger partial charge on any atom is -0.497 e. The lowest BCUT2D eigenvalue weighted by molar-refractivity contribution is 0.415. The van der Waals surface area contributed by atoms with Crippen LogP contribution < -0.4 is 10.5 Å². The highest BCUT2D eigenvalue weighted by Crippen LogP contribution is 2.36. The molecule has 1 heterocycles.